The quantitative estimate of drug-likeness (QED) is 0.818. The number of quaternary nitrogens is 1. The van der Waals surface area contributed by atoms with Gasteiger partial charge < -0.3 is 15.2 Å². The molecule has 0 fully saturated rings. The van der Waals surface area contributed by atoms with E-state index in [1.54, 1.807) is 20.8 Å². The van der Waals surface area contributed by atoms with Gasteiger partial charge in [0.05, 0.1) is 0 Å². The molecule has 1 aromatic rings. The van der Waals surface area contributed by atoms with Crippen LogP contribution >= 0.6 is 0 Å². The van der Waals surface area contributed by atoms with Crippen molar-refractivity contribution in [2.45, 2.75) is 45.4 Å². The molecule has 0 saturated heterocycles. The molecule has 0 spiro atoms. The molecule has 0 saturated carbocycles. The van der Waals surface area contributed by atoms with Crippen LogP contribution in [0.25, 0.3) is 0 Å². The second-order valence-electron chi connectivity index (χ2n) is 5.58. The Balaban J connectivity index is 2.38. The highest BCUT2D eigenvalue weighted by molar-refractivity contribution is 5.81. The minimum Gasteiger partial charge on any atom is -0.460 e. The lowest BCUT2D eigenvalue weighted by atomic mass is 10.2. The molecule has 0 heterocycles. The van der Waals surface area contributed by atoms with Gasteiger partial charge in [0.1, 0.15) is 18.6 Å². The van der Waals surface area contributed by atoms with Crippen molar-refractivity contribution in [3.8, 4) is 0 Å². The Kier molecular flexibility index (Phi) is 5.70. The molecule has 0 bridgehead atoms. The molecule has 0 radical (unpaired) electrons. The summed E-state index contributed by atoms with van der Waals surface area (Å²) >= 11 is 0. The average molecular weight is 280 g/mol. The Bertz CT molecular complexity index is 451. The first-order valence-corrected chi connectivity index (χ1v) is 6.53. The monoisotopic (exact) mass is 280 g/mol. The van der Waals surface area contributed by atoms with Crippen molar-refractivity contribution in [1.82, 2.24) is 0 Å². The number of benzene rings is 1. The van der Waals surface area contributed by atoms with E-state index < -0.39 is 23.6 Å². The van der Waals surface area contributed by atoms with Crippen LogP contribution in [0.5, 0.6) is 0 Å². The fourth-order valence-corrected chi connectivity index (χ4v) is 1.51. The van der Waals surface area contributed by atoms with E-state index in [2.05, 4.69) is 5.73 Å². The summed E-state index contributed by atoms with van der Waals surface area (Å²) < 4.78 is 10.2. The van der Waals surface area contributed by atoms with E-state index >= 15 is 0 Å². The third-order valence-corrected chi connectivity index (χ3v) is 2.39. The molecule has 1 rings (SSSR count). The van der Waals surface area contributed by atoms with Gasteiger partial charge in [-0.2, -0.15) is 0 Å². The van der Waals surface area contributed by atoms with Crippen LogP contribution < -0.4 is 5.73 Å². The van der Waals surface area contributed by atoms with Gasteiger partial charge in [-0.15, -0.1) is 0 Å². The topological polar surface area (TPSA) is 80.2 Å². The molecule has 0 aliphatic carbocycles. The summed E-state index contributed by atoms with van der Waals surface area (Å²) in [5.41, 5.74) is 3.97. The molecule has 0 amide bonds. The largest absolute Gasteiger partial charge is 0.460 e. The molecule has 5 nitrogen and oxygen atoms in total. The number of esters is 2. The highest BCUT2D eigenvalue weighted by atomic mass is 16.6. The maximum absolute atomic E-state index is 11.7. The van der Waals surface area contributed by atoms with Gasteiger partial charge in [0, 0.05) is 0 Å². The van der Waals surface area contributed by atoms with Crippen molar-refractivity contribution in [3.05, 3.63) is 35.9 Å². The molecule has 1 aromatic carbocycles. The van der Waals surface area contributed by atoms with Gasteiger partial charge in [-0.1, -0.05) is 30.3 Å². The lowest BCUT2D eigenvalue weighted by Crippen LogP contribution is -2.66. The molecule has 0 aliphatic rings. The Morgan fingerprint density at radius 2 is 1.80 bits per heavy atom. The Morgan fingerprint density at radius 3 is 2.35 bits per heavy atom. The van der Waals surface area contributed by atoms with Crippen molar-refractivity contribution in [2.24, 2.45) is 0 Å². The Hall–Kier alpha value is -1.88. The fraction of sp³-hybridized carbons (Fsp3) is 0.467. The van der Waals surface area contributed by atoms with Gasteiger partial charge in [-0.25, -0.2) is 4.79 Å². The highest BCUT2D eigenvalue weighted by Gasteiger charge is 2.26. The summed E-state index contributed by atoms with van der Waals surface area (Å²) in [6.07, 6.45) is -0.0785. The maximum atomic E-state index is 11.7. The molecule has 0 aliphatic heterocycles. The smallest absolute Gasteiger partial charge is 0.365 e. The first kappa shape index (κ1) is 16.2. The summed E-state index contributed by atoms with van der Waals surface area (Å²) in [7, 11) is 0. The van der Waals surface area contributed by atoms with E-state index in [1.807, 2.05) is 30.3 Å². The van der Waals surface area contributed by atoms with Gasteiger partial charge in [0.25, 0.3) is 0 Å². The van der Waals surface area contributed by atoms with Crippen molar-refractivity contribution < 1.29 is 24.8 Å². The predicted molar refractivity (Wildman–Crippen MR) is 73.4 cm³/mol. The van der Waals surface area contributed by atoms with Crippen LogP contribution in [-0.2, 0) is 25.7 Å². The molecule has 0 aromatic heterocycles. The number of carbonyl (C=O) groups excluding carboxylic acids is 2. The van der Waals surface area contributed by atoms with Crippen LogP contribution in [0.4, 0.5) is 0 Å². The molecule has 1 atom stereocenters. The normalized spacial score (nSPS) is 12.6. The van der Waals surface area contributed by atoms with E-state index in [4.69, 9.17) is 9.47 Å². The number of hydrogen-bond donors (Lipinski definition) is 1. The first-order chi connectivity index (χ1) is 9.28. The van der Waals surface area contributed by atoms with Crippen molar-refractivity contribution >= 4 is 11.9 Å². The molecule has 0 unspecified atom stereocenters. The second-order valence-corrected chi connectivity index (χ2v) is 5.58. The van der Waals surface area contributed by atoms with E-state index in [0.29, 0.717) is 0 Å². The van der Waals surface area contributed by atoms with E-state index in [-0.39, 0.29) is 13.0 Å². The fourth-order valence-electron chi connectivity index (χ4n) is 1.51. The highest BCUT2D eigenvalue weighted by Crippen LogP contribution is 2.09. The van der Waals surface area contributed by atoms with Crippen molar-refractivity contribution in [2.75, 3.05) is 0 Å². The molecular weight excluding hydrogens is 258 g/mol. The van der Waals surface area contributed by atoms with Crippen molar-refractivity contribution in [3.63, 3.8) is 0 Å². The third-order valence-electron chi connectivity index (χ3n) is 2.39. The van der Waals surface area contributed by atoms with Gasteiger partial charge in [0.2, 0.25) is 0 Å². The van der Waals surface area contributed by atoms with Crippen molar-refractivity contribution in [1.29, 1.82) is 0 Å². The molecule has 3 N–H and O–H groups in total. The summed E-state index contributed by atoms with van der Waals surface area (Å²) in [6.45, 7) is 5.50. The average Bonchev–Trinajstić information content (AvgIpc) is 2.34. The molecule has 20 heavy (non-hydrogen) atoms. The van der Waals surface area contributed by atoms with Gasteiger partial charge in [0.15, 0.2) is 6.04 Å². The molecule has 5 heteroatoms. The van der Waals surface area contributed by atoms with Crippen LogP contribution in [0.3, 0.4) is 0 Å². The Morgan fingerprint density at radius 1 is 1.20 bits per heavy atom. The number of hydrogen-bond acceptors (Lipinski definition) is 4. The minimum atomic E-state index is -0.756. The van der Waals surface area contributed by atoms with Crippen LogP contribution in [0.15, 0.2) is 30.3 Å². The lowest BCUT2D eigenvalue weighted by Gasteiger charge is -2.19. The first-order valence-electron chi connectivity index (χ1n) is 6.53. The number of ether oxygens (including phenoxy) is 2. The minimum absolute atomic E-state index is 0.0785. The predicted octanol–water partition coefficient (Wildman–Crippen LogP) is 1.07. The zero-order chi connectivity index (χ0) is 15.2. The van der Waals surface area contributed by atoms with Crippen LogP contribution in [0, 0.1) is 0 Å². The lowest BCUT2D eigenvalue weighted by molar-refractivity contribution is -0.408. The number of carbonyl (C=O) groups is 2. The van der Waals surface area contributed by atoms with Crippen LogP contribution in [0.2, 0.25) is 0 Å². The van der Waals surface area contributed by atoms with E-state index in [1.165, 1.54) is 0 Å². The Labute approximate surface area is 119 Å². The second kappa shape index (κ2) is 7.05. The van der Waals surface area contributed by atoms with Crippen LogP contribution in [-0.4, -0.2) is 23.6 Å². The molecule has 110 valence electrons. The van der Waals surface area contributed by atoms with Gasteiger partial charge >= 0.3 is 11.9 Å². The maximum Gasteiger partial charge on any atom is 0.365 e. The zero-order valence-electron chi connectivity index (χ0n) is 12.2. The summed E-state index contributed by atoms with van der Waals surface area (Å²) in [5, 5.41) is 0. The summed E-state index contributed by atoms with van der Waals surface area (Å²) in [6, 6.07) is 8.58. The molecular formula is C15H22NO4+. The van der Waals surface area contributed by atoms with E-state index in [0.717, 1.165) is 5.56 Å². The summed E-state index contributed by atoms with van der Waals surface area (Å²) in [4.78, 5) is 23.3. The van der Waals surface area contributed by atoms with E-state index in [9.17, 15) is 9.59 Å². The third kappa shape index (κ3) is 6.33. The van der Waals surface area contributed by atoms with Gasteiger partial charge in [-0.05, 0) is 26.3 Å². The summed E-state index contributed by atoms with van der Waals surface area (Å²) in [5.74, 6) is -0.950. The SMILES string of the molecule is CC(C)(C)OC(=O)C[C@@H]([NH3+])C(=O)OCc1ccccc1. The standard InChI is InChI=1S/C15H21NO4/c1-15(2,3)20-13(17)9-12(16)14(18)19-10-11-7-5-4-6-8-11/h4-8,12H,9-10,16H2,1-3H3/p+1/t12-/m1/s1. The van der Waals surface area contributed by atoms with Gasteiger partial charge in [-0.3, -0.25) is 4.79 Å². The number of rotatable bonds is 5. The zero-order valence-corrected chi connectivity index (χ0v) is 12.2. The van der Waals surface area contributed by atoms with Crippen LogP contribution in [0.1, 0.15) is 32.8 Å².